The van der Waals surface area contributed by atoms with Crippen LogP contribution >= 0.6 is 0 Å². The molecular weight excluding hydrogens is 240 g/mol. The van der Waals surface area contributed by atoms with Gasteiger partial charge in [-0.25, -0.2) is 10.8 Å². The number of hydrazine groups is 1. The summed E-state index contributed by atoms with van der Waals surface area (Å²) in [4.78, 5) is 16.2. The number of nitrogens with one attached hydrogen (secondary N) is 2. The molecule has 0 atom stereocenters. The normalized spacial score (nSPS) is 17.3. The van der Waals surface area contributed by atoms with E-state index in [9.17, 15) is 4.79 Å². The average molecular weight is 262 g/mol. The molecule has 0 aliphatic heterocycles. The van der Waals surface area contributed by atoms with E-state index in [-0.39, 0.29) is 5.91 Å². The van der Waals surface area contributed by atoms with Crippen molar-refractivity contribution in [2.75, 3.05) is 5.43 Å². The Morgan fingerprint density at radius 3 is 2.42 bits per heavy atom. The molecule has 104 valence electrons. The second-order valence-electron chi connectivity index (χ2n) is 5.09. The fourth-order valence-electron chi connectivity index (χ4n) is 2.48. The summed E-state index contributed by atoms with van der Waals surface area (Å²) >= 11 is 0. The van der Waals surface area contributed by atoms with Gasteiger partial charge in [0.05, 0.1) is 5.56 Å². The average Bonchev–Trinajstić information content (AvgIpc) is 2.41. The Hall–Kier alpha value is -1.62. The van der Waals surface area contributed by atoms with Crippen LogP contribution in [-0.4, -0.2) is 16.9 Å². The van der Waals surface area contributed by atoms with E-state index in [2.05, 4.69) is 15.7 Å². The molecule has 1 aromatic rings. The Balaban J connectivity index is 1.91. The van der Waals surface area contributed by atoms with Gasteiger partial charge in [-0.1, -0.05) is 32.1 Å². The summed E-state index contributed by atoms with van der Waals surface area (Å²) in [5.74, 6) is 5.76. The van der Waals surface area contributed by atoms with E-state index in [0.29, 0.717) is 17.4 Å². The van der Waals surface area contributed by atoms with Crippen LogP contribution < -0.4 is 16.6 Å². The maximum absolute atomic E-state index is 12.1. The predicted molar refractivity (Wildman–Crippen MR) is 75.6 cm³/mol. The fraction of sp³-hybridized carbons (Fsp3) is 0.571. The molecule has 0 aromatic carbocycles. The molecule has 0 saturated heterocycles. The molecule has 0 bridgehead atoms. The predicted octanol–water partition coefficient (Wildman–Crippen LogP) is 2.21. The van der Waals surface area contributed by atoms with Crippen LogP contribution in [0.4, 0.5) is 5.82 Å². The Kier molecular flexibility index (Phi) is 5.15. The maximum atomic E-state index is 12.1. The number of rotatable bonds is 3. The van der Waals surface area contributed by atoms with Crippen molar-refractivity contribution in [2.45, 2.75) is 51.0 Å². The molecule has 1 aromatic heterocycles. The van der Waals surface area contributed by atoms with E-state index in [0.717, 1.165) is 12.8 Å². The van der Waals surface area contributed by atoms with Crippen LogP contribution in [0.1, 0.15) is 55.3 Å². The van der Waals surface area contributed by atoms with Crippen LogP contribution in [0.3, 0.4) is 0 Å². The number of hydrogen-bond donors (Lipinski definition) is 3. The lowest BCUT2D eigenvalue weighted by atomic mass is 9.96. The number of aromatic nitrogens is 1. The Bertz CT molecular complexity index is 396. The molecule has 1 amide bonds. The molecule has 1 saturated carbocycles. The molecular formula is C14H22N4O. The van der Waals surface area contributed by atoms with Gasteiger partial charge in [-0.2, -0.15) is 0 Å². The second-order valence-corrected chi connectivity index (χ2v) is 5.09. The van der Waals surface area contributed by atoms with Gasteiger partial charge in [0, 0.05) is 12.2 Å². The number of pyridine rings is 1. The number of anilines is 1. The van der Waals surface area contributed by atoms with E-state index in [1.165, 1.54) is 32.1 Å². The summed E-state index contributed by atoms with van der Waals surface area (Å²) in [6.45, 7) is 0. The summed E-state index contributed by atoms with van der Waals surface area (Å²) in [7, 11) is 0. The van der Waals surface area contributed by atoms with Gasteiger partial charge in [0.1, 0.15) is 5.82 Å². The molecule has 5 nitrogen and oxygen atoms in total. The highest BCUT2D eigenvalue weighted by atomic mass is 16.1. The topological polar surface area (TPSA) is 80.0 Å². The molecule has 1 fully saturated rings. The van der Waals surface area contributed by atoms with Gasteiger partial charge in [0.2, 0.25) is 0 Å². The number of hydrogen-bond acceptors (Lipinski definition) is 4. The zero-order chi connectivity index (χ0) is 13.5. The minimum absolute atomic E-state index is 0.0401. The van der Waals surface area contributed by atoms with Crippen molar-refractivity contribution < 1.29 is 4.79 Å². The lowest BCUT2D eigenvalue weighted by molar-refractivity contribution is 0.0930. The van der Waals surface area contributed by atoms with Crippen LogP contribution in [0.15, 0.2) is 18.3 Å². The van der Waals surface area contributed by atoms with Gasteiger partial charge < -0.3 is 10.7 Å². The summed E-state index contributed by atoms with van der Waals surface area (Å²) in [5, 5.41) is 3.11. The number of carbonyl (C=O) groups excluding carboxylic acids is 1. The van der Waals surface area contributed by atoms with Gasteiger partial charge in [-0.15, -0.1) is 0 Å². The summed E-state index contributed by atoms with van der Waals surface area (Å²) in [6, 6.07) is 3.74. The first kappa shape index (κ1) is 13.8. The van der Waals surface area contributed by atoms with Crippen LogP contribution in [0, 0.1) is 0 Å². The third-order valence-electron chi connectivity index (χ3n) is 3.61. The Labute approximate surface area is 114 Å². The number of nitrogens with two attached hydrogens (primary N) is 1. The molecule has 0 radical (unpaired) electrons. The Morgan fingerprint density at radius 2 is 1.84 bits per heavy atom. The third kappa shape index (κ3) is 4.21. The van der Waals surface area contributed by atoms with E-state index in [1.54, 1.807) is 18.3 Å². The number of nitrogens with zero attached hydrogens (tertiary/aromatic N) is 1. The second kappa shape index (κ2) is 7.09. The minimum Gasteiger partial charge on any atom is -0.349 e. The van der Waals surface area contributed by atoms with Crippen molar-refractivity contribution in [2.24, 2.45) is 5.84 Å². The summed E-state index contributed by atoms with van der Waals surface area (Å²) in [5.41, 5.74) is 3.03. The molecule has 1 aliphatic carbocycles. The zero-order valence-corrected chi connectivity index (χ0v) is 11.2. The quantitative estimate of drug-likeness (QED) is 0.576. The zero-order valence-electron chi connectivity index (χ0n) is 11.2. The summed E-state index contributed by atoms with van der Waals surface area (Å²) in [6.07, 6.45) is 10.0. The van der Waals surface area contributed by atoms with Crippen molar-refractivity contribution in [3.05, 3.63) is 23.9 Å². The van der Waals surface area contributed by atoms with Crippen molar-refractivity contribution in [3.8, 4) is 0 Å². The maximum Gasteiger partial charge on any atom is 0.253 e. The van der Waals surface area contributed by atoms with Crippen molar-refractivity contribution in [3.63, 3.8) is 0 Å². The molecule has 2 rings (SSSR count). The molecule has 5 heteroatoms. The number of amides is 1. The van der Waals surface area contributed by atoms with Gasteiger partial charge in [0.25, 0.3) is 5.91 Å². The SMILES string of the molecule is NNc1ccc(C(=O)NC2CCCCCCC2)cn1. The standard InChI is InChI=1S/C14H22N4O/c15-18-13-9-8-11(10-16-13)14(19)17-12-6-4-2-1-3-5-7-12/h8-10,12H,1-7,15H2,(H,16,18)(H,17,19). The first-order chi connectivity index (χ1) is 9.29. The van der Waals surface area contributed by atoms with Crippen LogP contribution in [-0.2, 0) is 0 Å². The molecule has 0 spiro atoms. The number of nitrogen functional groups attached to an aromatic ring is 1. The summed E-state index contributed by atoms with van der Waals surface area (Å²) < 4.78 is 0. The monoisotopic (exact) mass is 262 g/mol. The van der Waals surface area contributed by atoms with Gasteiger partial charge >= 0.3 is 0 Å². The highest BCUT2D eigenvalue weighted by Crippen LogP contribution is 2.17. The molecule has 4 N–H and O–H groups in total. The lowest BCUT2D eigenvalue weighted by Crippen LogP contribution is -2.35. The molecule has 19 heavy (non-hydrogen) atoms. The van der Waals surface area contributed by atoms with E-state index >= 15 is 0 Å². The minimum atomic E-state index is -0.0401. The van der Waals surface area contributed by atoms with E-state index < -0.39 is 0 Å². The smallest absolute Gasteiger partial charge is 0.253 e. The first-order valence-corrected chi connectivity index (χ1v) is 7.03. The molecule has 1 aliphatic rings. The highest BCUT2D eigenvalue weighted by Gasteiger charge is 2.15. The first-order valence-electron chi connectivity index (χ1n) is 7.03. The largest absolute Gasteiger partial charge is 0.349 e. The fourth-order valence-corrected chi connectivity index (χ4v) is 2.48. The van der Waals surface area contributed by atoms with Gasteiger partial charge in [0.15, 0.2) is 0 Å². The molecule has 1 heterocycles. The van der Waals surface area contributed by atoms with E-state index in [1.807, 2.05) is 0 Å². The van der Waals surface area contributed by atoms with Crippen LogP contribution in [0.2, 0.25) is 0 Å². The molecule has 0 unspecified atom stereocenters. The lowest BCUT2D eigenvalue weighted by Gasteiger charge is -2.21. The van der Waals surface area contributed by atoms with Crippen molar-refractivity contribution >= 4 is 11.7 Å². The van der Waals surface area contributed by atoms with E-state index in [4.69, 9.17) is 5.84 Å². The van der Waals surface area contributed by atoms with Crippen LogP contribution in [0.25, 0.3) is 0 Å². The van der Waals surface area contributed by atoms with Gasteiger partial charge in [-0.3, -0.25) is 4.79 Å². The Morgan fingerprint density at radius 1 is 1.16 bits per heavy atom. The van der Waals surface area contributed by atoms with Crippen molar-refractivity contribution in [1.29, 1.82) is 0 Å². The third-order valence-corrected chi connectivity index (χ3v) is 3.61. The van der Waals surface area contributed by atoms with Crippen molar-refractivity contribution in [1.82, 2.24) is 10.3 Å². The van der Waals surface area contributed by atoms with Crippen LogP contribution in [0.5, 0.6) is 0 Å². The number of carbonyl (C=O) groups is 1. The highest BCUT2D eigenvalue weighted by molar-refractivity contribution is 5.94. The van der Waals surface area contributed by atoms with Gasteiger partial charge in [-0.05, 0) is 25.0 Å².